The number of hydrogen-bond donors (Lipinski definition) is 3. The van der Waals surface area contributed by atoms with E-state index >= 15 is 0 Å². The Balaban J connectivity index is 2.02. The summed E-state index contributed by atoms with van der Waals surface area (Å²) >= 11 is 0. The van der Waals surface area contributed by atoms with E-state index in [0.29, 0.717) is 23.7 Å². The van der Waals surface area contributed by atoms with Gasteiger partial charge < -0.3 is 10.1 Å². The highest BCUT2D eigenvalue weighted by Crippen LogP contribution is 2.24. The van der Waals surface area contributed by atoms with Crippen molar-refractivity contribution in [3.8, 4) is 5.75 Å². The van der Waals surface area contributed by atoms with Gasteiger partial charge in [0.1, 0.15) is 11.4 Å². The maximum absolute atomic E-state index is 12.6. The monoisotopic (exact) mass is 340 g/mol. The maximum atomic E-state index is 12.6. The Morgan fingerprint density at radius 3 is 2.76 bits per heavy atom. The number of rotatable bonds is 4. The van der Waals surface area contributed by atoms with Gasteiger partial charge in [-0.05, 0) is 32.0 Å². The maximum Gasteiger partial charge on any atom is 0.327 e. The van der Waals surface area contributed by atoms with Gasteiger partial charge in [0.05, 0.1) is 28.9 Å². The number of para-hydroxylation sites is 2. The minimum atomic E-state index is -0.646. The summed E-state index contributed by atoms with van der Waals surface area (Å²) in [5.41, 5.74) is 0.0282. The normalized spacial score (nSPS) is 10.6. The molecule has 0 saturated carbocycles. The number of benzene rings is 1. The van der Waals surface area contributed by atoms with Crippen LogP contribution in [0.4, 0.5) is 5.69 Å². The number of carbonyl (C=O) groups is 1. The van der Waals surface area contributed by atoms with Crippen LogP contribution in [0.25, 0.3) is 11.0 Å². The van der Waals surface area contributed by atoms with E-state index in [9.17, 15) is 14.4 Å². The molecule has 0 fully saturated rings. The van der Waals surface area contributed by atoms with Gasteiger partial charge in [-0.3, -0.25) is 19.6 Å². The smallest absolute Gasteiger partial charge is 0.327 e. The summed E-state index contributed by atoms with van der Waals surface area (Å²) in [5.74, 6) is 0.122. The van der Waals surface area contributed by atoms with Crippen LogP contribution in [0, 0.1) is 6.92 Å². The third kappa shape index (κ3) is 3.27. The van der Waals surface area contributed by atoms with Crippen LogP contribution in [0.5, 0.6) is 5.75 Å². The standard InChI is InChI=1S/C17H16N4O4/c1-3-25-13-7-5-4-6-12(13)19-15(22)10-8-11-14(18-9(10)2)20-17(24)21-16(11)23/h4-8H,3H2,1-2H3,(H,19,22)(H2,18,20,21,23,24). The van der Waals surface area contributed by atoms with Crippen molar-refractivity contribution in [2.24, 2.45) is 0 Å². The van der Waals surface area contributed by atoms with E-state index in [1.54, 1.807) is 31.2 Å². The van der Waals surface area contributed by atoms with E-state index in [0.717, 1.165) is 0 Å². The molecule has 3 N–H and O–H groups in total. The van der Waals surface area contributed by atoms with Gasteiger partial charge in [-0.1, -0.05) is 12.1 Å². The van der Waals surface area contributed by atoms with Crippen molar-refractivity contribution < 1.29 is 9.53 Å². The number of anilines is 1. The topological polar surface area (TPSA) is 117 Å². The summed E-state index contributed by atoms with van der Waals surface area (Å²) in [7, 11) is 0. The van der Waals surface area contributed by atoms with Gasteiger partial charge in [0.15, 0.2) is 0 Å². The van der Waals surface area contributed by atoms with Crippen LogP contribution in [0.2, 0.25) is 0 Å². The zero-order chi connectivity index (χ0) is 18.0. The lowest BCUT2D eigenvalue weighted by atomic mass is 10.1. The molecule has 0 atom stereocenters. The second-order valence-corrected chi connectivity index (χ2v) is 5.31. The molecular weight excluding hydrogens is 324 g/mol. The summed E-state index contributed by atoms with van der Waals surface area (Å²) in [6.07, 6.45) is 0. The molecule has 0 unspecified atom stereocenters. The average molecular weight is 340 g/mol. The summed E-state index contributed by atoms with van der Waals surface area (Å²) < 4.78 is 5.48. The molecule has 1 aromatic carbocycles. The Morgan fingerprint density at radius 1 is 1.24 bits per heavy atom. The van der Waals surface area contributed by atoms with E-state index in [1.165, 1.54) is 6.07 Å². The number of hydrogen-bond acceptors (Lipinski definition) is 5. The summed E-state index contributed by atoms with van der Waals surface area (Å²) in [4.78, 5) is 44.6. The molecule has 3 aromatic rings. The molecule has 1 amide bonds. The van der Waals surface area contributed by atoms with E-state index in [1.807, 2.05) is 6.92 Å². The van der Waals surface area contributed by atoms with Crippen molar-refractivity contribution in [1.82, 2.24) is 15.0 Å². The first-order chi connectivity index (χ1) is 12.0. The Kier molecular flexibility index (Phi) is 4.34. The number of aromatic amines is 2. The molecule has 0 aliphatic rings. The van der Waals surface area contributed by atoms with E-state index in [2.05, 4.69) is 20.3 Å². The number of nitrogens with zero attached hydrogens (tertiary/aromatic N) is 1. The molecule has 0 bridgehead atoms. The van der Waals surface area contributed by atoms with Crippen LogP contribution in [0.1, 0.15) is 23.0 Å². The van der Waals surface area contributed by atoms with Gasteiger partial charge in [0.2, 0.25) is 0 Å². The lowest BCUT2D eigenvalue weighted by molar-refractivity contribution is 0.102. The first-order valence-electron chi connectivity index (χ1n) is 7.66. The van der Waals surface area contributed by atoms with Crippen molar-refractivity contribution in [3.63, 3.8) is 0 Å². The molecule has 0 aliphatic heterocycles. The fraction of sp³-hybridized carbons (Fsp3) is 0.176. The van der Waals surface area contributed by atoms with Gasteiger partial charge in [-0.15, -0.1) is 0 Å². The summed E-state index contributed by atoms with van der Waals surface area (Å²) in [5, 5.41) is 2.89. The second-order valence-electron chi connectivity index (χ2n) is 5.31. The predicted molar refractivity (Wildman–Crippen MR) is 93.3 cm³/mol. The number of aryl methyl sites for hydroxylation is 1. The molecule has 3 rings (SSSR count). The molecule has 0 spiro atoms. The lowest BCUT2D eigenvalue weighted by Crippen LogP contribution is -2.24. The van der Waals surface area contributed by atoms with Crippen molar-refractivity contribution in [3.05, 3.63) is 62.4 Å². The molecule has 8 nitrogen and oxygen atoms in total. The molecule has 25 heavy (non-hydrogen) atoms. The van der Waals surface area contributed by atoms with Gasteiger partial charge in [-0.25, -0.2) is 9.78 Å². The van der Waals surface area contributed by atoms with Crippen molar-refractivity contribution >= 4 is 22.6 Å². The van der Waals surface area contributed by atoms with Gasteiger partial charge in [0, 0.05) is 0 Å². The summed E-state index contributed by atoms with van der Waals surface area (Å²) in [6.45, 7) is 3.94. The Hall–Kier alpha value is -3.42. The van der Waals surface area contributed by atoms with E-state index in [-0.39, 0.29) is 16.6 Å². The predicted octanol–water partition coefficient (Wildman–Crippen LogP) is 1.57. The van der Waals surface area contributed by atoms with Crippen LogP contribution in [0.3, 0.4) is 0 Å². The first-order valence-corrected chi connectivity index (χ1v) is 7.66. The average Bonchev–Trinajstić information content (AvgIpc) is 2.56. The van der Waals surface area contributed by atoms with E-state index in [4.69, 9.17) is 4.74 Å². The zero-order valence-corrected chi connectivity index (χ0v) is 13.7. The lowest BCUT2D eigenvalue weighted by Gasteiger charge is -2.12. The molecule has 0 aliphatic carbocycles. The number of fused-ring (bicyclic) bond motifs is 1. The second kappa shape index (κ2) is 6.60. The minimum Gasteiger partial charge on any atom is -0.492 e. The SMILES string of the molecule is CCOc1ccccc1NC(=O)c1cc2c(=O)[nH]c(=O)[nH]c2nc1C. The molecule has 8 heteroatoms. The third-order valence-electron chi connectivity index (χ3n) is 3.60. The fourth-order valence-corrected chi connectivity index (χ4v) is 2.45. The number of ether oxygens (including phenoxy) is 1. The highest BCUT2D eigenvalue weighted by atomic mass is 16.5. The largest absolute Gasteiger partial charge is 0.492 e. The highest BCUT2D eigenvalue weighted by Gasteiger charge is 2.15. The molecule has 128 valence electrons. The van der Waals surface area contributed by atoms with Crippen LogP contribution < -0.4 is 21.3 Å². The molecule has 0 saturated heterocycles. The number of nitrogens with one attached hydrogen (secondary N) is 3. The fourth-order valence-electron chi connectivity index (χ4n) is 2.45. The van der Waals surface area contributed by atoms with Crippen molar-refractivity contribution in [1.29, 1.82) is 0 Å². The minimum absolute atomic E-state index is 0.133. The van der Waals surface area contributed by atoms with E-state index < -0.39 is 17.2 Å². The molecule has 0 radical (unpaired) electrons. The van der Waals surface area contributed by atoms with Gasteiger partial charge >= 0.3 is 5.69 Å². The van der Waals surface area contributed by atoms with Crippen molar-refractivity contribution in [2.75, 3.05) is 11.9 Å². The van der Waals surface area contributed by atoms with Crippen LogP contribution >= 0.6 is 0 Å². The quantitative estimate of drug-likeness (QED) is 0.666. The van der Waals surface area contributed by atoms with Crippen LogP contribution in [-0.2, 0) is 0 Å². The zero-order valence-electron chi connectivity index (χ0n) is 13.7. The Labute approximate surface area is 141 Å². The Bertz CT molecular complexity index is 1070. The number of aromatic nitrogens is 3. The first kappa shape index (κ1) is 16.4. The number of amides is 1. The molecular formula is C17H16N4O4. The third-order valence-corrected chi connectivity index (χ3v) is 3.60. The highest BCUT2D eigenvalue weighted by molar-refractivity contribution is 6.07. The number of H-pyrrole nitrogens is 2. The Morgan fingerprint density at radius 2 is 2.00 bits per heavy atom. The van der Waals surface area contributed by atoms with Crippen molar-refractivity contribution in [2.45, 2.75) is 13.8 Å². The van der Waals surface area contributed by atoms with Gasteiger partial charge in [-0.2, -0.15) is 0 Å². The summed E-state index contributed by atoms with van der Waals surface area (Å²) in [6, 6.07) is 8.46. The number of carbonyl (C=O) groups excluding carboxylic acids is 1. The molecule has 2 heterocycles. The molecule has 2 aromatic heterocycles. The van der Waals surface area contributed by atoms with Crippen LogP contribution in [0.15, 0.2) is 39.9 Å². The number of pyridine rings is 1. The van der Waals surface area contributed by atoms with Crippen LogP contribution in [-0.4, -0.2) is 27.5 Å². The van der Waals surface area contributed by atoms with Gasteiger partial charge in [0.25, 0.3) is 11.5 Å².